The van der Waals surface area contributed by atoms with Crippen molar-refractivity contribution in [3.63, 3.8) is 0 Å². The van der Waals surface area contributed by atoms with Crippen LogP contribution in [0.1, 0.15) is 63.3 Å². The zero-order valence-electron chi connectivity index (χ0n) is 26.7. The Bertz CT molecular complexity index is 1580. The van der Waals surface area contributed by atoms with E-state index in [1.807, 2.05) is 11.1 Å². The number of nitrogens with zero attached hydrogens (tertiary/aromatic N) is 6. The lowest BCUT2D eigenvalue weighted by atomic mass is 9.60. The number of aromatic nitrogens is 4. The van der Waals surface area contributed by atoms with Gasteiger partial charge in [-0.15, -0.1) is 0 Å². The first-order chi connectivity index (χ1) is 21.1. The number of ether oxygens (including phenoxy) is 1. The maximum atomic E-state index is 12.1. The van der Waals surface area contributed by atoms with E-state index in [4.69, 9.17) is 21.4 Å². The Morgan fingerprint density at radius 2 is 1.93 bits per heavy atom. The highest BCUT2D eigenvalue weighted by Crippen LogP contribution is 2.56. The molecule has 236 valence electrons. The van der Waals surface area contributed by atoms with Gasteiger partial charge in [-0.1, -0.05) is 25.1 Å². The van der Waals surface area contributed by atoms with Gasteiger partial charge < -0.3 is 14.5 Å². The molecule has 0 radical (unpaired) electrons. The van der Waals surface area contributed by atoms with Gasteiger partial charge in [0.1, 0.15) is 0 Å². The second kappa shape index (κ2) is 11.2. The van der Waals surface area contributed by atoms with Crippen molar-refractivity contribution in [1.82, 2.24) is 29.8 Å². The van der Waals surface area contributed by atoms with Crippen molar-refractivity contribution in [3.05, 3.63) is 41.2 Å². The maximum Gasteiger partial charge on any atom is 0.245 e. The van der Waals surface area contributed by atoms with Gasteiger partial charge in [-0.25, -0.2) is 0 Å². The number of morpholine rings is 1. The summed E-state index contributed by atoms with van der Waals surface area (Å²) in [6.07, 6.45) is 8.71. The van der Waals surface area contributed by atoms with Gasteiger partial charge in [-0.2, -0.15) is 10.2 Å². The highest BCUT2D eigenvalue weighted by molar-refractivity contribution is 6.36. The molecular weight excluding hydrogens is 574 g/mol. The highest BCUT2D eigenvalue weighted by Gasteiger charge is 2.55. The number of rotatable bonds is 7. The first-order valence-electron chi connectivity index (χ1n) is 16.4. The average molecular weight is 620 g/mol. The van der Waals surface area contributed by atoms with Crippen molar-refractivity contribution in [2.75, 3.05) is 57.4 Å². The number of halogens is 1. The molecule has 1 aliphatic carbocycles. The number of nitrogens with one attached hydrogen (secondary N) is 1. The van der Waals surface area contributed by atoms with Crippen LogP contribution in [-0.2, 0) is 9.53 Å². The van der Waals surface area contributed by atoms with Gasteiger partial charge in [0.05, 0.1) is 36.0 Å². The Morgan fingerprint density at radius 3 is 2.64 bits per heavy atom. The van der Waals surface area contributed by atoms with Gasteiger partial charge in [0.25, 0.3) is 0 Å². The van der Waals surface area contributed by atoms with E-state index < -0.39 is 0 Å². The maximum absolute atomic E-state index is 12.1. The van der Waals surface area contributed by atoms with E-state index in [0.29, 0.717) is 12.0 Å². The summed E-state index contributed by atoms with van der Waals surface area (Å²) >= 11 is 7.20. The largest absolute Gasteiger partial charge is 0.379 e. The van der Waals surface area contributed by atoms with E-state index in [-0.39, 0.29) is 16.9 Å². The fraction of sp³-hybridized carbons (Fsp3) is 0.618. The number of aryl methyl sites for hydroxylation is 1. The predicted molar refractivity (Wildman–Crippen MR) is 175 cm³/mol. The molecule has 1 aromatic carbocycles. The summed E-state index contributed by atoms with van der Waals surface area (Å²) in [7, 11) is 0. The number of aromatic amines is 1. The number of likely N-dealkylation sites (tertiary alicyclic amines) is 1. The van der Waals surface area contributed by atoms with Crippen molar-refractivity contribution in [3.8, 4) is 11.1 Å². The second-order valence-electron chi connectivity index (χ2n) is 14.2. The van der Waals surface area contributed by atoms with Crippen LogP contribution in [0, 0.1) is 25.2 Å². The summed E-state index contributed by atoms with van der Waals surface area (Å²) in [5.41, 5.74) is 5.52. The number of benzene rings is 1. The van der Waals surface area contributed by atoms with Crippen molar-refractivity contribution in [2.24, 2.45) is 11.3 Å². The Balaban J connectivity index is 1.25. The molecule has 4 fully saturated rings. The first-order valence-corrected chi connectivity index (χ1v) is 16.7. The van der Waals surface area contributed by atoms with E-state index in [1.165, 1.54) is 6.08 Å². The minimum atomic E-state index is -0.0260. The molecule has 10 heteroatoms. The summed E-state index contributed by atoms with van der Waals surface area (Å²) in [5.74, 6) is 1.73. The molecule has 9 nitrogen and oxygen atoms in total. The van der Waals surface area contributed by atoms with Crippen LogP contribution >= 0.6 is 11.6 Å². The van der Waals surface area contributed by atoms with Crippen molar-refractivity contribution >= 4 is 34.2 Å². The lowest BCUT2D eigenvalue weighted by Crippen LogP contribution is -2.63. The van der Waals surface area contributed by atoms with Crippen molar-refractivity contribution in [2.45, 2.75) is 71.4 Å². The van der Waals surface area contributed by atoms with E-state index in [9.17, 15) is 4.79 Å². The number of carbonyl (C=O) groups excluding carboxylic acids is 1. The molecule has 1 amide bonds. The predicted octanol–water partition coefficient (Wildman–Crippen LogP) is 5.76. The monoisotopic (exact) mass is 619 g/mol. The smallest absolute Gasteiger partial charge is 0.245 e. The van der Waals surface area contributed by atoms with Crippen molar-refractivity contribution < 1.29 is 9.53 Å². The lowest BCUT2D eigenvalue weighted by molar-refractivity contribution is -0.149. The summed E-state index contributed by atoms with van der Waals surface area (Å²) in [6, 6.07) is 2.39. The number of hydrogen-bond acceptors (Lipinski definition) is 6. The molecule has 1 N–H and O–H groups in total. The van der Waals surface area contributed by atoms with E-state index in [2.05, 4.69) is 65.0 Å². The number of anilines is 1. The lowest BCUT2D eigenvalue weighted by Gasteiger charge is -2.58. The van der Waals surface area contributed by atoms with Gasteiger partial charge in [0.15, 0.2) is 5.82 Å². The van der Waals surface area contributed by atoms with Crippen LogP contribution in [0.5, 0.6) is 0 Å². The standard InChI is InChI=1S/C34H46ClN7O2/c1-6-28(43)40-20-34(21-40)16-25(17-34)42-23(4)29(30-26-18-36-37-27(26)14-22(3)31(30)35)32(38-42)41-9-8-24(15-33(41,5)7-2)19-39-10-12-44-13-11-39/h6,14,18,24-25H,1,7-13,15-17,19-21H2,2-5H3,(H,36,37). The van der Waals surface area contributed by atoms with Gasteiger partial charge >= 0.3 is 0 Å². The molecule has 1 spiro atoms. The Labute approximate surface area is 265 Å². The summed E-state index contributed by atoms with van der Waals surface area (Å²) in [5, 5.41) is 14.9. The van der Waals surface area contributed by atoms with Gasteiger partial charge in [-0.3, -0.25) is 19.5 Å². The minimum absolute atomic E-state index is 0.0260. The van der Waals surface area contributed by atoms with Crippen LogP contribution in [0.25, 0.3) is 22.0 Å². The van der Waals surface area contributed by atoms with Gasteiger partial charge in [0, 0.05) is 72.4 Å². The molecule has 3 saturated heterocycles. The molecule has 2 atom stereocenters. The number of amides is 1. The first kappa shape index (κ1) is 29.8. The van der Waals surface area contributed by atoms with Crippen LogP contribution < -0.4 is 4.90 Å². The fourth-order valence-corrected chi connectivity index (χ4v) is 8.87. The average Bonchev–Trinajstić information content (AvgIpc) is 3.57. The van der Waals surface area contributed by atoms with E-state index >= 15 is 0 Å². The van der Waals surface area contributed by atoms with Crippen LogP contribution in [0.3, 0.4) is 0 Å². The Kier molecular flexibility index (Phi) is 7.57. The zero-order valence-corrected chi connectivity index (χ0v) is 27.4. The minimum Gasteiger partial charge on any atom is -0.379 e. The molecule has 5 heterocycles. The number of piperidine rings is 1. The molecule has 44 heavy (non-hydrogen) atoms. The summed E-state index contributed by atoms with van der Waals surface area (Å²) < 4.78 is 7.90. The summed E-state index contributed by atoms with van der Waals surface area (Å²) in [6.45, 7) is 20.2. The highest BCUT2D eigenvalue weighted by atomic mass is 35.5. The van der Waals surface area contributed by atoms with Crippen LogP contribution in [0.4, 0.5) is 5.82 Å². The van der Waals surface area contributed by atoms with E-state index in [0.717, 1.165) is 129 Å². The Hall–Kier alpha value is -2.88. The number of hydrogen-bond donors (Lipinski definition) is 1. The molecule has 2 aromatic heterocycles. The molecule has 1 saturated carbocycles. The molecular formula is C34H46ClN7O2. The molecule has 3 aromatic rings. The van der Waals surface area contributed by atoms with Crippen molar-refractivity contribution in [1.29, 1.82) is 0 Å². The third-order valence-electron chi connectivity index (χ3n) is 11.2. The molecule has 4 aliphatic rings. The van der Waals surface area contributed by atoms with E-state index in [1.54, 1.807) is 0 Å². The third-order valence-corrected chi connectivity index (χ3v) is 11.7. The van der Waals surface area contributed by atoms with Gasteiger partial charge in [-0.05, 0) is 76.5 Å². The molecule has 2 unspecified atom stereocenters. The summed E-state index contributed by atoms with van der Waals surface area (Å²) in [4.78, 5) is 19.2. The molecule has 0 bridgehead atoms. The third kappa shape index (κ3) is 4.86. The topological polar surface area (TPSA) is 82.5 Å². The second-order valence-corrected chi connectivity index (χ2v) is 14.6. The number of H-pyrrole nitrogens is 1. The molecule has 7 rings (SSSR count). The number of carbonyl (C=O) groups is 1. The van der Waals surface area contributed by atoms with Crippen LogP contribution in [0.15, 0.2) is 24.9 Å². The zero-order chi connectivity index (χ0) is 30.8. The normalized spacial score (nSPS) is 25.8. The quantitative estimate of drug-likeness (QED) is 0.339. The van der Waals surface area contributed by atoms with Crippen LogP contribution in [-0.4, -0.2) is 93.7 Å². The Morgan fingerprint density at radius 1 is 1.18 bits per heavy atom. The number of fused-ring (bicyclic) bond motifs is 1. The molecule has 3 aliphatic heterocycles. The SMILES string of the molecule is C=CC(=O)N1CC2(CC(n3nc(N4CCC(CN5CCOCC5)CC4(C)CC)c(-c4c(Cl)c(C)cc5[nH]ncc45)c3C)C2)C1. The fourth-order valence-electron chi connectivity index (χ4n) is 8.62. The van der Waals surface area contributed by atoms with Gasteiger partial charge in [0.2, 0.25) is 5.91 Å². The van der Waals surface area contributed by atoms with Crippen LogP contribution in [0.2, 0.25) is 5.02 Å².